The van der Waals surface area contributed by atoms with E-state index in [4.69, 9.17) is 0 Å². The number of allylic oxidation sites excluding steroid dienone is 2. The third-order valence-electron chi connectivity index (χ3n) is 5.45. The highest BCUT2D eigenvalue weighted by Crippen LogP contribution is 2.46. The van der Waals surface area contributed by atoms with Gasteiger partial charge in [-0.25, -0.2) is 8.42 Å². The molecule has 142 valence electrons. The molecule has 2 fully saturated rings. The first kappa shape index (κ1) is 19.1. The minimum absolute atomic E-state index is 0.166. The fourth-order valence-electron chi connectivity index (χ4n) is 4.26. The fourth-order valence-corrected chi connectivity index (χ4v) is 5.41. The van der Waals surface area contributed by atoms with Crippen molar-refractivity contribution in [2.75, 3.05) is 25.9 Å². The summed E-state index contributed by atoms with van der Waals surface area (Å²) in [6.45, 7) is 5.88. The maximum absolute atomic E-state index is 12.5. The summed E-state index contributed by atoms with van der Waals surface area (Å²) in [5.41, 5.74) is 2.24. The molecule has 0 aromatic heterocycles. The number of carbonyl (C=O) groups is 1. The van der Waals surface area contributed by atoms with Crippen molar-refractivity contribution in [1.82, 2.24) is 9.21 Å². The number of rotatable bonds is 5. The predicted molar refractivity (Wildman–Crippen MR) is 103 cm³/mol. The Hall–Kier alpha value is -1.66. The monoisotopic (exact) mass is 376 g/mol. The van der Waals surface area contributed by atoms with E-state index in [2.05, 4.69) is 6.08 Å². The lowest BCUT2D eigenvalue weighted by atomic mass is 9.90. The minimum atomic E-state index is -3.28. The van der Waals surface area contributed by atoms with Crippen LogP contribution in [0.25, 0.3) is 0 Å². The maximum atomic E-state index is 12.5. The Morgan fingerprint density at radius 3 is 2.46 bits per heavy atom. The molecule has 2 aliphatic rings. The largest absolute Gasteiger partial charge is 0.342 e. The van der Waals surface area contributed by atoms with Crippen LogP contribution in [0.15, 0.2) is 42.0 Å². The summed E-state index contributed by atoms with van der Waals surface area (Å²) >= 11 is 0. The Morgan fingerprint density at radius 1 is 1.15 bits per heavy atom. The smallest absolute Gasteiger partial charge is 0.222 e. The second-order valence-electron chi connectivity index (χ2n) is 7.73. The van der Waals surface area contributed by atoms with Crippen molar-refractivity contribution in [2.45, 2.75) is 32.7 Å². The summed E-state index contributed by atoms with van der Waals surface area (Å²) in [6, 6.07) is 9.64. The molecule has 1 aromatic rings. The maximum Gasteiger partial charge on any atom is 0.222 e. The Morgan fingerprint density at radius 2 is 1.85 bits per heavy atom. The van der Waals surface area contributed by atoms with Gasteiger partial charge in [-0.2, -0.15) is 4.31 Å². The van der Waals surface area contributed by atoms with E-state index in [0.29, 0.717) is 26.1 Å². The average Bonchev–Trinajstić information content (AvgIpc) is 3.12. The number of sulfonamides is 1. The summed E-state index contributed by atoms with van der Waals surface area (Å²) in [5.74, 6) is 0.552. The van der Waals surface area contributed by atoms with Crippen molar-refractivity contribution in [1.29, 1.82) is 0 Å². The van der Waals surface area contributed by atoms with Crippen molar-refractivity contribution < 1.29 is 13.2 Å². The van der Waals surface area contributed by atoms with Gasteiger partial charge in [-0.3, -0.25) is 4.79 Å². The lowest BCUT2D eigenvalue weighted by Gasteiger charge is -2.28. The molecule has 0 aliphatic carbocycles. The van der Waals surface area contributed by atoms with Crippen LogP contribution in [-0.4, -0.2) is 49.4 Å². The first-order chi connectivity index (χ1) is 12.3. The van der Waals surface area contributed by atoms with Gasteiger partial charge in [-0.05, 0) is 31.7 Å². The van der Waals surface area contributed by atoms with Gasteiger partial charge in [-0.1, -0.05) is 42.0 Å². The van der Waals surface area contributed by atoms with Gasteiger partial charge in [0.15, 0.2) is 0 Å². The van der Waals surface area contributed by atoms with E-state index in [9.17, 15) is 13.2 Å². The molecular formula is C20H28N2O3S. The average molecular weight is 377 g/mol. The van der Waals surface area contributed by atoms with Gasteiger partial charge < -0.3 is 4.90 Å². The second kappa shape index (κ2) is 7.53. The van der Waals surface area contributed by atoms with Gasteiger partial charge in [0.05, 0.1) is 12.3 Å². The van der Waals surface area contributed by atoms with Crippen molar-refractivity contribution in [3.05, 3.63) is 47.5 Å². The van der Waals surface area contributed by atoms with E-state index in [-0.39, 0.29) is 23.8 Å². The molecule has 1 aromatic carbocycles. The minimum Gasteiger partial charge on any atom is -0.342 e. The second-order valence-corrected chi connectivity index (χ2v) is 9.67. The normalized spacial score (nSPS) is 26.0. The van der Waals surface area contributed by atoms with Crippen LogP contribution in [0.5, 0.6) is 0 Å². The standard InChI is InChI=1S/C20H28N2O3S/c1-15(2)8-7-11-19(23)21-12-17-13-22(26(3,24)25)20(18(17)14-21)16-9-5-4-6-10-16/h4-6,8-10,17-18,20H,7,11-14H2,1-3H3/t17-,18-,20+/m1/s1. The summed E-state index contributed by atoms with van der Waals surface area (Å²) < 4.78 is 26.2. The van der Waals surface area contributed by atoms with Crippen molar-refractivity contribution >= 4 is 15.9 Å². The molecule has 26 heavy (non-hydrogen) atoms. The number of carbonyl (C=O) groups excluding carboxylic acids is 1. The van der Waals surface area contributed by atoms with Crippen LogP contribution in [-0.2, 0) is 14.8 Å². The number of likely N-dealkylation sites (tertiary alicyclic amines) is 1. The summed E-state index contributed by atoms with van der Waals surface area (Å²) in [5, 5.41) is 0. The number of nitrogens with zero attached hydrogens (tertiary/aromatic N) is 2. The molecule has 2 heterocycles. The molecule has 0 N–H and O–H groups in total. The van der Waals surface area contributed by atoms with E-state index in [0.717, 1.165) is 12.0 Å². The zero-order valence-electron chi connectivity index (χ0n) is 15.8. The number of benzene rings is 1. The lowest BCUT2D eigenvalue weighted by molar-refractivity contribution is -0.130. The Bertz CT molecular complexity index is 785. The molecule has 0 saturated carbocycles. The zero-order chi connectivity index (χ0) is 18.9. The van der Waals surface area contributed by atoms with E-state index in [1.54, 1.807) is 4.31 Å². The van der Waals surface area contributed by atoms with Crippen LogP contribution in [0.2, 0.25) is 0 Å². The van der Waals surface area contributed by atoms with Gasteiger partial charge in [0, 0.05) is 32.0 Å². The molecular weight excluding hydrogens is 348 g/mol. The van der Waals surface area contributed by atoms with Gasteiger partial charge >= 0.3 is 0 Å². The molecule has 0 radical (unpaired) electrons. The number of hydrogen-bond acceptors (Lipinski definition) is 3. The molecule has 6 heteroatoms. The summed E-state index contributed by atoms with van der Waals surface area (Å²) in [4.78, 5) is 14.5. The Balaban J connectivity index is 1.76. The molecule has 0 spiro atoms. The van der Waals surface area contributed by atoms with Crippen LogP contribution in [0, 0.1) is 11.8 Å². The molecule has 5 nitrogen and oxygen atoms in total. The topological polar surface area (TPSA) is 57.7 Å². The van der Waals surface area contributed by atoms with Crippen LogP contribution >= 0.6 is 0 Å². The van der Waals surface area contributed by atoms with Crippen molar-refractivity contribution in [2.24, 2.45) is 11.8 Å². The molecule has 0 unspecified atom stereocenters. The SMILES string of the molecule is CC(C)=CCCC(=O)N1C[C@@H]2CN(S(C)(=O)=O)[C@@H](c3ccccc3)[C@@H]2C1. The van der Waals surface area contributed by atoms with Gasteiger partial charge in [0.25, 0.3) is 0 Å². The molecule has 2 saturated heterocycles. The van der Waals surface area contributed by atoms with E-state index in [1.807, 2.05) is 49.1 Å². The summed E-state index contributed by atoms with van der Waals surface area (Å²) in [7, 11) is -3.28. The lowest BCUT2D eigenvalue weighted by Crippen LogP contribution is -2.36. The molecule has 2 aliphatic heterocycles. The van der Waals surface area contributed by atoms with E-state index in [1.165, 1.54) is 11.8 Å². The third kappa shape index (κ3) is 4.01. The fraction of sp³-hybridized carbons (Fsp3) is 0.550. The van der Waals surface area contributed by atoms with Crippen molar-refractivity contribution in [3.63, 3.8) is 0 Å². The molecule has 3 atom stereocenters. The van der Waals surface area contributed by atoms with Crippen LogP contribution in [0.4, 0.5) is 0 Å². The molecule has 1 amide bonds. The highest BCUT2D eigenvalue weighted by atomic mass is 32.2. The first-order valence-electron chi connectivity index (χ1n) is 9.20. The first-order valence-corrected chi connectivity index (χ1v) is 11.0. The molecule has 3 rings (SSSR count). The number of hydrogen-bond donors (Lipinski definition) is 0. The number of amides is 1. The van der Waals surface area contributed by atoms with Crippen LogP contribution < -0.4 is 0 Å². The summed E-state index contributed by atoms with van der Waals surface area (Å²) in [6.07, 6.45) is 4.67. The number of fused-ring (bicyclic) bond motifs is 1. The van der Waals surface area contributed by atoms with Gasteiger partial charge in [0.1, 0.15) is 0 Å². The highest BCUT2D eigenvalue weighted by molar-refractivity contribution is 7.88. The van der Waals surface area contributed by atoms with E-state index >= 15 is 0 Å². The Labute approximate surface area is 156 Å². The van der Waals surface area contributed by atoms with E-state index < -0.39 is 10.0 Å². The zero-order valence-corrected chi connectivity index (χ0v) is 16.6. The third-order valence-corrected chi connectivity index (χ3v) is 6.68. The quantitative estimate of drug-likeness (QED) is 0.743. The van der Waals surface area contributed by atoms with Crippen LogP contribution in [0.3, 0.4) is 0 Å². The highest BCUT2D eigenvalue weighted by Gasteiger charge is 2.51. The van der Waals surface area contributed by atoms with Crippen LogP contribution in [0.1, 0.15) is 38.3 Å². The van der Waals surface area contributed by atoms with Gasteiger partial charge in [-0.15, -0.1) is 0 Å². The van der Waals surface area contributed by atoms with Crippen molar-refractivity contribution in [3.8, 4) is 0 Å². The molecule has 0 bridgehead atoms. The van der Waals surface area contributed by atoms with Gasteiger partial charge in [0.2, 0.25) is 15.9 Å². The Kier molecular flexibility index (Phi) is 5.53. The predicted octanol–water partition coefficient (Wildman–Crippen LogP) is 2.82.